The van der Waals surface area contributed by atoms with Crippen LogP contribution in [0.3, 0.4) is 0 Å². The van der Waals surface area contributed by atoms with Crippen LogP contribution >= 0.6 is 0 Å². The molecule has 1 aliphatic heterocycles. The molecule has 1 aromatic carbocycles. The van der Waals surface area contributed by atoms with Crippen LogP contribution in [0.25, 0.3) is 0 Å². The average molecular weight is 295 g/mol. The molecule has 0 N–H and O–H groups in total. The van der Waals surface area contributed by atoms with Crippen molar-refractivity contribution in [2.24, 2.45) is 0 Å². The van der Waals surface area contributed by atoms with Gasteiger partial charge in [-0.1, -0.05) is 0 Å². The maximum absolute atomic E-state index is 8.98. The lowest BCUT2D eigenvalue weighted by Crippen LogP contribution is -2.30. The summed E-state index contributed by atoms with van der Waals surface area (Å²) in [5.74, 6) is 1.51. The lowest BCUT2D eigenvalue weighted by molar-refractivity contribution is 0.353. The highest BCUT2D eigenvalue weighted by Gasteiger charge is 2.20. The number of rotatable bonds is 3. The van der Waals surface area contributed by atoms with Gasteiger partial charge in [-0.15, -0.1) is 0 Å². The number of pyridine rings is 1. The van der Waals surface area contributed by atoms with Gasteiger partial charge in [0.2, 0.25) is 0 Å². The zero-order chi connectivity index (χ0) is 15.5. The third-order valence-corrected chi connectivity index (χ3v) is 3.94. The Morgan fingerprint density at radius 3 is 2.55 bits per heavy atom. The van der Waals surface area contributed by atoms with Crippen molar-refractivity contribution in [3.05, 3.63) is 47.3 Å². The first-order chi connectivity index (χ1) is 10.7. The molecule has 0 spiro atoms. The van der Waals surface area contributed by atoms with Gasteiger partial charge < -0.3 is 14.4 Å². The molecule has 3 rings (SSSR count). The number of hydrogen-bond donors (Lipinski definition) is 0. The Balaban J connectivity index is 1.91. The van der Waals surface area contributed by atoms with Crippen molar-refractivity contribution in [3.63, 3.8) is 0 Å². The van der Waals surface area contributed by atoms with Crippen molar-refractivity contribution in [1.29, 1.82) is 5.26 Å². The molecule has 0 saturated heterocycles. The number of benzene rings is 1. The summed E-state index contributed by atoms with van der Waals surface area (Å²) in [7, 11) is 3.30. The highest BCUT2D eigenvalue weighted by molar-refractivity contribution is 5.54. The number of ether oxygens (including phenoxy) is 2. The molecular weight excluding hydrogens is 278 g/mol. The second kappa shape index (κ2) is 5.94. The minimum absolute atomic E-state index is 0.440. The second-order valence-electron chi connectivity index (χ2n) is 5.16. The maximum Gasteiger partial charge on any atom is 0.161 e. The third kappa shape index (κ3) is 2.56. The number of fused-ring (bicyclic) bond motifs is 1. The van der Waals surface area contributed by atoms with E-state index in [4.69, 9.17) is 14.7 Å². The molecule has 1 aromatic heterocycles. The van der Waals surface area contributed by atoms with E-state index in [0.29, 0.717) is 5.69 Å². The maximum atomic E-state index is 8.98. The van der Waals surface area contributed by atoms with Gasteiger partial charge in [0.1, 0.15) is 11.8 Å². The quantitative estimate of drug-likeness (QED) is 0.871. The summed E-state index contributed by atoms with van der Waals surface area (Å²) in [5, 5.41) is 8.98. The number of nitrogens with zero attached hydrogens (tertiary/aromatic N) is 3. The Morgan fingerprint density at radius 2 is 1.86 bits per heavy atom. The molecular formula is C17H17N3O2. The van der Waals surface area contributed by atoms with Gasteiger partial charge in [0.25, 0.3) is 0 Å². The Kier molecular flexibility index (Phi) is 3.84. The molecule has 0 bridgehead atoms. The van der Waals surface area contributed by atoms with E-state index >= 15 is 0 Å². The zero-order valence-electron chi connectivity index (χ0n) is 12.7. The minimum atomic E-state index is 0.440. The van der Waals surface area contributed by atoms with Crippen LogP contribution in [0.2, 0.25) is 0 Å². The van der Waals surface area contributed by atoms with Crippen LogP contribution in [0, 0.1) is 11.3 Å². The van der Waals surface area contributed by atoms with Crippen molar-refractivity contribution < 1.29 is 9.47 Å². The average Bonchev–Trinajstić information content (AvgIpc) is 2.59. The van der Waals surface area contributed by atoms with E-state index in [9.17, 15) is 0 Å². The Labute approximate surface area is 129 Å². The minimum Gasteiger partial charge on any atom is -0.493 e. The number of methoxy groups -OCH3 is 2. The lowest BCUT2D eigenvalue weighted by Gasteiger charge is -2.31. The normalized spacial score (nSPS) is 13.2. The number of nitriles is 1. The van der Waals surface area contributed by atoms with Crippen LogP contribution in [0.15, 0.2) is 30.5 Å². The summed E-state index contributed by atoms with van der Waals surface area (Å²) in [6.45, 7) is 1.68. The predicted molar refractivity (Wildman–Crippen MR) is 83.3 cm³/mol. The molecule has 0 amide bonds. The highest BCUT2D eigenvalue weighted by atomic mass is 16.5. The number of anilines is 1. The van der Waals surface area contributed by atoms with Gasteiger partial charge in [0.15, 0.2) is 11.5 Å². The van der Waals surface area contributed by atoms with Gasteiger partial charge in [-0.2, -0.15) is 5.26 Å². The SMILES string of the molecule is COc1cc2c(cc1OC)CN(c1ccnc(C#N)c1)CC2. The molecule has 1 aliphatic rings. The van der Waals surface area contributed by atoms with Crippen molar-refractivity contribution in [2.75, 3.05) is 25.7 Å². The van der Waals surface area contributed by atoms with Crippen LogP contribution in [0.4, 0.5) is 5.69 Å². The predicted octanol–water partition coefficient (Wildman–Crippen LogP) is 2.53. The summed E-state index contributed by atoms with van der Waals surface area (Å²) in [5.41, 5.74) is 3.96. The molecule has 5 nitrogen and oxygen atoms in total. The summed E-state index contributed by atoms with van der Waals surface area (Å²) in [4.78, 5) is 6.27. The molecule has 2 aromatic rings. The summed E-state index contributed by atoms with van der Waals surface area (Å²) in [6, 6.07) is 9.94. The second-order valence-corrected chi connectivity index (χ2v) is 5.16. The summed E-state index contributed by atoms with van der Waals surface area (Å²) < 4.78 is 10.7. The van der Waals surface area contributed by atoms with Crippen molar-refractivity contribution >= 4 is 5.69 Å². The topological polar surface area (TPSA) is 58.4 Å². The molecule has 0 atom stereocenters. The molecule has 0 fully saturated rings. The van der Waals surface area contributed by atoms with Crippen LogP contribution in [0.5, 0.6) is 11.5 Å². The van der Waals surface area contributed by atoms with E-state index < -0.39 is 0 Å². The van der Waals surface area contributed by atoms with E-state index in [1.807, 2.05) is 18.2 Å². The van der Waals surface area contributed by atoms with Crippen LogP contribution in [-0.2, 0) is 13.0 Å². The Bertz CT molecular complexity index is 737. The molecule has 0 unspecified atom stereocenters. The first-order valence-corrected chi connectivity index (χ1v) is 7.10. The van der Waals surface area contributed by atoms with E-state index in [1.165, 1.54) is 11.1 Å². The monoisotopic (exact) mass is 295 g/mol. The molecule has 22 heavy (non-hydrogen) atoms. The summed E-state index contributed by atoms with van der Waals surface area (Å²) >= 11 is 0. The number of aromatic nitrogens is 1. The highest BCUT2D eigenvalue weighted by Crippen LogP contribution is 2.34. The number of hydrogen-bond acceptors (Lipinski definition) is 5. The first kappa shape index (κ1) is 14.2. The Hall–Kier alpha value is -2.74. The van der Waals surface area contributed by atoms with E-state index in [-0.39, 0.29) is 0 Å². The molecule has 2 heterocycles. The van der Waals surface area contributed by atoms with E-state index in [2.05, 4.69) is 22.0 Å². The smallest absolute Gasteiger partial charge is 0.161 e. The van der Waals surface area contributed by atoms with Crippen molar-refractivity contribution in [2.45, 2.75) is 13.0 Å². The first-order valence-electron chi connectivity index (χ1n) is 7.10. The fraction of sp³-hybridized carbons (Fsp3) is 0.294. The molecule has 0 saturated carbocycles. The van der Waals surface area contributed by atoms with Gasteiger partial charge in [-0.25, -0.2) is 4.98 Å². The van der Waals surface area contributed by atoms with E-state index in [0.717, 1.165) is 36.7 Å². The fourth-order valence-corrected chi connectivity index (χ4v) is 2.78. The van der Waals surface area contributed by atoms with Crippen molar-refractivity contribution in [3.8, 4) is 17.6 Å². The van der Waals surface area contributed by atoms with Crippen LogP contribution < -0.4 is 14.4 Å². The molecule has 0 radical (unpaired) electrons. The van der Waals surface area contributed by atoms with Gasteiger partial charge >= 0.3 is 0 Å². The Morgan fingerprint density at radius 1 is 1.14 bits per heavy atom. The third-order valence-electron chi connectivity index (χ3n) is 3.94. The zero-order valence-corrected chi connectivity index (χ0v) is 12.7. The van der Waals surface area contributed by atoms with Gasteiger partial charge in [0.05, 0.1) is 14.2 Å². The lowest BCUT2D eigenvalue weighted by atomic mass is 9.98. The van der Waals surface area contributed by atoms with Crippen LogP contribution in [-0.4, -0.2) is 25.7 Å². The van der Waals surface area contributed by atoms with Gasteiger partial charge in [-0.05, 0) is 41.8 Å². The van der Waals surface area contributed by atoms with Crippen LogP contribution in [0.1, 0.15) is 16.8 Å². The van der Waals surface area contributed by atoms with Gasteiger partial charge in [-0.3, -0.25) is 0 Å². The molecule has 112 valence electrons. The fourth-order valence-electron chi connectivity index (χ4n) is 2.78. The van der Waals surface area contributed by atoms with Gasteiger partial charge in [0, 0.05) is 25.0 Å². The summed E-state index contributed by atoms with van der Waals surface area (Å²) in [6.07, 6.45) is 2.61. The van der Waals surface area contributed by atoms with Crippen molar-refractivity contribution in [1.82, 2.24) is 4.98 Å². The standard InChI is InChI=1S/C17H17N3O2/c1-21-16-7-12-4-6-20(11-13(12)8-17(16)22-2)15-3-5-19-14(9-15)10-18/h3,5,7-9H,4,6,11H2,1-2H3. The largest absolute Gasteiger partial charge is 0.493 e. The van der Waals surface area contributed by atoms with E-state index in [1.54, 1.807) is 20.4 Å². The molecule has 0 aliphatic carbocycles. The molecule has 5 heteroatoms.